The summed E-state index contributed by atoms with van der Waals surface area (Å²) in [6.45, 7) is 8.97. The number of ketones is 1. The van der Waals surface area contributed by atoms with Crippen LogP contribution in [0, 0.1) is 6.92 Å². The lowest BCUT2D eigenvalue weighted by Crippen LogP contribution is -2.29. The molecule has 3 aromatic carbocycles. The number of ether oxygens (including phenoxy) is 3. The van der Waals surface area contributed by atoms with Gasteiger partial charge >= 0.3 is 5.91 Å². The normalized spacial score (nSPS) is 19.0. The number of anilines is 1. The second-order valence-corrected chi connectivity index (χ2v) is 12.3. The Morgan fingerprint density at radius 3 is 2.68 bits per heavy atom. The number of Topliss-reactive ketones (excluding diaryl/α,β-unsaturated/α-hetero) is 1. The summed E-state index contributed by atoms with van der Waals surface area (Å²) in [5, 5.41) is 12.1. The van der Waals surface area contributed by atoms with Crippen molar-refractivity contribution < 1.29 is 28.9 Å². The van der Waals surface area contributed by atoms with Gasteiger partial charge in [0.05, 0.1) is 35.0 Å². The van der Waals surface area contributed by atoms with Crippen molar-refractivity contribution >= 4 is 44.1 Å². The molecule has 9 heteroatoms. The molecule has 1 aromatic heterocycles. The predicted molar refractivity (Wildman–Crippen MR) is 172 cm³/mol. The van der Waals surface area contributed by atoms with E-state index < -0.39 is 17.7 Å². The molecular formula is C35H36N2O6S. The molecule has 0 bridgehead atoms. The highest BCUT2D eigenvalue weighted by Crippen LogP contribution is 2.46. The van der Waals surface area contributed by atoms with E-state index in [4.69, 9.17) is 19.2 Å². The molecule has 0 spiro atoms. The monoisotopic (exact) mass is 612 g/mol. The van der Waals surface area contributed by atoms with Crippen molar-refractivity contribution in [2.75, 3.05) is 18.1 Å². The van der Waals surface area contributed by atoms with Gasteiger partial charge in [0.15, 0.2) is 16.6 Å². The number of nitrogens with zero attached hydrogens (tertiary/aromatic N) is 2. The number of aryl methyl sites for hydroxylation is 1. The second-order valence-electron chi connectivity index (χ2n) is 11.3. The van der Waals surface area contributed by atoms with Crippen LogP contribution < -0.4 is 19.1 Å². The third kappa shape index (κ3) is 5.52. The number of benzene rings is 3. The van der Waals surface area contributed by atoms with E-state index in [0.717, 1.165) is 46.4 Å². The molecule has 0 unspecified atom stereocenters. The summed E-state index contributed by atoms with van der Waals surface area (Å²) in [7, 11) is 0. The van der Waals surface area contributed by atoms with Crippen LogP contribution in [0.4, 0.5) is 5.13 Å². The number of carbonyl (C=O) groups excluding carboxylic acids is 2. The van der Waals surface area contributed by atoms with Gasteiger partial charge in [-0.2, -0.15) is 0 Å². The van der Waals surface area contributed by atoms with Gasteiger partial charge in [0.2, 0.25) is 0 Å². The molecule has 6 rings (SSSR count). The molecule has 1 N–H and O–H groups in total. The van der Waals surface area contributed by atoms with Crippen LogP contribution in [-0.4, -0.2) is 41.1 Å². The second kappa shape index (κ2) is 12.3. The molecule has 2 aliphatic heterocycles. The Morgan fingerprint density at radius 1 is 1.05 bits per heavy atom. The molecule has 0 aliphatic carbocycles. The van der Waals surface area contributed by atoms with Crippen LogP contribution in [0.15, 0.2) is 60.2 Å². The van der Waals surface area contributed by atoms with E-state index in [0.29, 0.717) is 47.4 Å². The Hall–Kier alpha value is -4.37. The number of aliphatic hydroxyl groups is 1. The van der Waals surface area contributed by atoms with Crippen molar-refractivity contribution in [2.45, 2.75) is 65.5 Å². The zero-order valence-corrected chi connectivity index (χ0v) is 26.2. The maximum atomic E-state index is 13.8. The Labute approximate surface area is 260 Å². The third-order valence-corrected chi connectivity index (χ3v) is 8.96. The number of unbranched alkanes of at least 4 members (excludes halogenated alkanes) is 2. The average molecular weight is 613 g/mol. The molecule has 44 heavy (non-hydrogen) atoms. The van der Waals surface area contributed by atoms with Crippen molar-refractivity contribution in [1.29, 1.82) is 0 Å². The molecule has 1 saturated heterocycles. The first-order chi connectivity index (χ1) is 21.3. The highest BCUT2D eigenvalue weighted by molar-refractivity contribution is 7.22. The fraction of sp³-hybridized carbons (Fsp3) is 0.343. The van der Waals surface area contributed by atoms with Crippen molar-refractivity contribution in [2.24, 2.45) is 0 Å². The molecule has 2 atom stereocenters. The lowest BCUT2D eigenvalue weighted by Gasteiger charge is -2.24. The molecule has 0 saturated carbocycles. The minimum absolute atomic E-state index is 0.00332. The standard InChI is InChI=1S/C35H36N2O6S/c1-5-7-8-15-42-27-14-10-22(19-28(27)41-6-2)31-30(32(38)23-11-13-26-24(18-23)17-21(4)43-26)33(39)34(40)37(31)35-36-25-12-9-20(3)16-29(25)44-35/h9-14,16,18-19,21,31,38H,5-8,15,17H2,1-4H3/t21-,31-/m1/s1. The van der Waals surface area contributed by atoms with Gasteiger partial charge in [-0.25, -0.2) is 4.98 Å². The number of rotatable bonds is 10. The van der Waals surface area contributed by atoms with Crippen LogP contribution in [0.5, 0.6) is 17.2 Å². The number of aromatic nitrogens is 1. The minimum Gasteiger partial charge on any atom is -0.507 e. The van der Waals surface area contributed by atoms with Crippen molar-refractivity contribution in [3.63, 3.8) is 0 Å². The van der Waals surface area contributed by atoms with Crippen LogP contribution in [0.25, 0.3) is 16.0 Å². The van der Waals surface area contributed by atoms with Gasteiger partial charge in [0, 0.05) is 12.0 Å². The summed E-state index contributed by atoms with van der Waals surface area (Å²) in [5.74, 6) is 0.0939. The highest BCUT2D eigenvalue weighted by Gasteiger charge is 2.48. The molecule has 3 heterocycles. The number of fused-ring (bicyclic) bond motifs is 2. The largest absolute Gasteiger partial charge is 0.507 e. The van der Waals surface area contributed by atoms with E-state index in [1.165, 1.54) is 16.2 Å². The first-order valence-corrected chi connectivity index (χ1v) is 16.0. The van der Waals surface area contributed by atoms with E-state index in [-0.39, 0.29) is 17.4 Å². The Kier molecular flexibility index (Phi) is 8.31. The van der Waals surface area contributed by atoms with E-state index in [1.807, 2.05) is 57.2 Å². The average Bonchev–Trinajstić information content (AvgIpc) is 3.67. The molecule has 2 aliphatic rings. The molecule has 4 aromatic rings. The molecule has 1 amide bonds. The van der Waals surface area contributed by atoms with E-state index in [9.17, 15) is 14.7 Å². The van der Waals surface area contributed by atoms with Crippen molar-refractivity contribution in [3.8, 4) is 17.2 Å². The maximum Gasteiger partial charge on any atom is 0.301 e. The van der Waals surface area contributed by atoms with Gasteiger partial charge in [0.25, 0.3) is 5.78 Å². The van der Waals surface area contributed by atoms with Crippen molar-refractivity contribution in [3.05, 3.63) is 82.4 Å². The number of hydrogen-bond donors (Lipinski definition) is 1. The molecule has 228 valence electrons. The Morgan fingerprint density at radius 2 is 1.89 bits per heavy atom. The summed E-state index contributed by atoms with van der Waals surface area (Å²) in [6.07, 6.45) is 3.78. The molecule has 1 fully saturated rings. The first-order valence-electron chi connectivity index (χ1n) is 15.2. The molecule has 0 radical (unpaired) electrons. The number of hydrogen-bond acceptors (Lipinski definition) is 8. The van der Waals surface area contributed by atoms with Gasteiger partial charge in [-0.3, -0.25) is 14.5 Å². The third-order valence-electron chi connectivity index (χ3n) is 7.94. The SMILES string of the molecule is CCCCCOc1ccc([C@@H]2C(=C(O)c3ccc4c(c3)C[C@@H](C)O4)C(=O)C(=O)N2c2nc3ccc(C)cc3s2)cc1OCC. The predicted octanol–water partition coefficient (Wildman–Crippen LogP) is 7.52. The Bertz CT molecular complexity index is 1780. The first kappa shape index (κ1) is 29.7. The van der Waals surface area contributed by atoms with Crippen LogP contribution >= 0.6 is 11.3 Å². The minimum atomic E-state index is -0.937. The smallest absolute Gasteiger partial charge is 0.301 e. The lowest BCUT2D eigenvalue weighted by atomic mass is 9.94. The number of amides is 1. The van der Waals surface area contributed by atoms with Gasteiger partial charge < -0.3 is 19.3 Å². The quantitative estimate of drug-likeness (QED) is 0.0856. The van der Waals surface area contributed by atoms with Crippen LogP contribution in [-0.2, 0) is 16.0 Å². The van der Waals surface area contributed by atoms with Crippen LogP contribution in [0.1, 0.15) is 68.3 Å². The fourth-order valence-corrected chi connectivity index (χ4v) is 6.90. The summed E-state index contributed by atoms with van der Waals surface area (Å²) in [5.41, 5.74) is 3.79. The van der Waals surface area contributed by atoms with Gasteiger partial charge in [0.1, 0.15) is 17.6 Å². The molecule has 8 nitrogen and oxygen atoms in total. The summed E-state index contributed by atoms with van der Waals surface area (Å²) in [6, 6.07) is 15.7. The van der Waals surface area contributed by atoms with Crippen LogP contribution in [0.2, 0.25) is 0 Å². The topological polar surface area (TPSA) is 98.2 Å². The number of carbonyl (C=O) groups is 2. The Balaban J connectivity index is 1.49. The van der Waals surface area contributed by atoms with Gasteiger partial charge in [-0.05, 0) is 86.3 Å². The number of thiazole rings is 1. The number of aliphatic hydroxyl groups excluding tert-OH is 1. The molecular weight excluding hydrogens is 576 g/mol. The fourth-order valence-electron chi connectivity index (χ4n) is 5.81. The summed E-state index contributed by atoms with van der Waals surface area (Å²) >= 11 is 1.34. The zero-order valence-electron chi connectivity index (χ0n) is 25.4. The lowest BCUT2D eigenvalue weighted by molar-refractivity contribution is -0.132. The zero-order chi connectivity index (χ0) is 31.0. The van der Waals surface area contributed by atoms with Crippen LogP contribution in [0.3, 0.4) is 0 Å². The highest BCUT2D eigenvalue weighted by atomic mass is 32.1. The maximum absolute atomic E-state index is 13.8. The van der Waals surface area contributed by atoms with Gasteiger partial charge in [-0.1, -0.05) is 43.2 Å². The van der Waals surface area contributed by atoms with Gasteiger partial charge in [-0.15, -0.1) is 0 Å². The summed E-state index contributed by atoms with van der Waals surface area (Å²) < 4.78 is 18.8. The summed E-state index contributed by atoms with van der Waals surface area (Å²) in [4.78, 5) is 33.8. The van der Waals surface area contributed by atoms with E-state index >= 15 is 0 Å². The van der Waals surface area contributed by atoms with E-state index in [2.05, 4.69) is 6.92 Å². The van der Waals surface area contributed by atoms with E-state index in [1.54, 1.807) is 18.2 Å². The van der Waals surface area contributed by atoms with Crippen molar-refractivity contribution in [1.82, 2.24) is 4.98 Å².